The SMILES string of the molecule is Cc1csc(CCNC(=O)CN2CCNCC2)n1. The molecule has 1 aliphatic rings. The van der Waals surface area contributed by atoms with Gasteiger partial charge in [0.1, 0.15) is 0 Å². The van der Waals surface area contributed by atoms with Crippen LogP contribution in [0.4, 0.5) is 0 Å². The summed E-state index contributed by atoms with van der Waals surface area (Å²) in [7, 11) is 0. The van der Waals surface area contributed by atoms with E-state index >= 15 is 0 Å². The molecule has 0 bridgehead atoms. The Hall–Kier alpha value is -0.980. The molecule has 0 aliphatic carbocycles. The predicted octanol–water partition coefficient (Wildman–Crippen LogP) is 0.0154. The standard InChI is InChI=1S/C12H20N4OS/c1-10-9-18-12(15-10)2-3-14-11(17)8-16-6-4-13-5-7-16/h9,13H,2-8H2,1H3,(H,14,17). The van der Waals surface area contributed by atoms with Crippen LogP contribution in [0.3, 0.4) is 0 Å². The van der Waals surface area contributed by atoms with Gasteiger partial charge in [0.15, 0.2) is 0 Å². The number of rotatable bonds is 5. The number of carbonyl (C=O) groups is 1. The number of aromatic nitrogens is 1. The Labute approximate surface area is 112 Å². The van der Waals surface area contributed by atoms with Gasteiger partial charge >= 0.3 is 0 Å². The molecule has 1 aromatic rings. The molecule has 0 saturated carbocycles. The number of hydrogen-bond acceptors (Lipinski definition) is 5. The third kappa shape index (κ3) is 4.36. The van der Waals surface area contributed by atoms with Crippen LogP contribution in [0.15, 0.2) is 5.38 Å². The molecule has 0 spiro atoms. The maximum atomic E-state index is 11.7. The molecule has 2 N–H and O–H groups in total. The molecule has 2 heterocycles. The molecule has 1 aliphatic heterocycles. The van der Waals surface area contributed by atoms with E-state index in [1.54, 1.807) is 11.3 Å². The second-order valence-electron chi connectivity index (χ2n) is 4.51. The van der Waals surface area contributed by atoms with Crippen LogP contribution in [0.5, 0.6) is 0 Å². The van der Waals surface area contributed by atoms with Gasteiger partial charge < -0.3 is 10.6 Å². The van der Waals surface area contributed by atoms with Crippen molar-refractivity contribution in [3.63, 3.8) is 0 Å². The number of nitrogens with one attached hydrogen (secondary N) is 2. The lowest BCUT2D eigenvalue weighted by Crippen LogP contribution is -2.47. The van der Waals surface area contributed by atoms with Crippen LogP contribution in [-0.4, -0.2) is 55.1 Å². The second kappa shape index (κ2) is 6.82. The highest BCUT2D eigenvalue weighted by Crippen LogP contribution is 2.08. The average Bonchev–Trinajstić information content (AvgIpc) is 2.76. The first kappa shape index (κ1) is 13.5. The minimum absolute atomic E-state index is 0.116. The van der Waals surface area contributed by atoms with Gasteiger partial charge in [-0.15, -0.1) is 11.3 Å². The zero-order valence-electron chi connectivity index (χ0n) is 10.7. The summed E-state index contributed by atoms with van der Waals surface area (Å²) in [5.74, 6) is 0.116. The van der Waals surface area contributed by atoms with E-state index in [2.05, 4.69) is 20.5 Å². The Balaban J connectivity index is 1.62. The molecular formula is C12H20N4OS. The summed E-state index contributed by atoms with van der Waals surface area (Å²) in [6.45, 7) is 7.05. The van der Waals surface area contributed by atoms with Crippen molar-refractivity contribution in [2.45, 2.75) is 13.3 Å². The summed E-state index contributed by atoms with van der Waals surface area (Å²) >= 11 is 1.66. The van der Waals surface area contributed by atoms with Crippen LogP contribution in [0.2, 0.25) is 0 Å². The van der Waals surface area contributed by atoms with E-state index in [4.69, 9.17) is 0 Å². The minimum atomic E-state index is 0.116. The van der Waals surface area contributed by atoms with E-state index in [-0.39, 0.29) is 5.91 Å². The van der Waals surface area contributed by atoms with Crippen molar-refractivity contribution in [1.82, 2.24) is 20.5 Å². The van der Waals surface area contributed by atoms with E-state index in [0.29, 0.717) is 13.1 Å². The maximum Gasteiger partial charge on any atom is 0.234 e. The van der Waals surface area contributed by atoms with Gasteiger partial charge in [-0.25, -0.2) is 4.98 Å². The predicted molar refractivity (Wildman–Crippen MR) is 72.9 cm³/mol. The summed E-state index contributed by atoms with van der Waals surface area (Å²) in [4.78, 5) is 18.3. The van der Waals surface area contributed by atoms with Gasteiger partial charge in [0.05, 0.1) is 11.6 Å². The highest BCUT2D eigenvalue weighted by atomic mass is 32.1. The number of carbonyl (C=O) groups excluding carboxylic acids is 1. The van der Waals surface area contributed by atoms with Gasteiger partial charge in [-0.3, -0.25) is 9.69 Å². The molecule has 2 rings (SSSR count). The zero-order valence-corrected chi connectivity index (χ0v) is 11.6. The molecule has 0 aromatic carbocycles. The fourth-order valence-corrected chi connectivity index (χ4v) is 2.73. The molecule has 0 atom stereocenters. The van der Waals surface area contributed by atoms with Gasteiger partial charge in [0, 0.05) is 50.2 Å². The number of nitrogens with zero attached hydrogens (tertiary/aromatic N) is 2. The highest BCUT2D eigenvalue weighted by Gasteiger charge is 2.12. The first-order chi connectivity index (χ1) is 8.74. The Bertz CT molecular complexity index is 387. The van der Waals surface area contributed by atoms with Gasteiger partial charge in [0.25, 0.3) is 0 Å². The first-order valence-electron chi connectivity index (χ1n) is 6.35. The Morgan fingerprint density at radius 2 is 2.33 bits per heavy atom. The van der Waals surface area contributed by atoms with Gasteiger partial charge in [-0.05, 0) is 6.92 Å². The van der Waals surface area contributed by atoms with E-state index in [1.165, 1.54) is 0 Å². The van der Waals surface area contributed by atoms with Gasteiger partial charge in [-0.1, -0.05) is 0 Å². The fourth-order valence-electron chi connectivity index (χ4n) is 1.95. The van der Waals surface area contributed by atoms with Crippen molar-refractivity contribution in [3.8, 4) is 0 Å². The van der Waals surface area contributed by atoms with E-state index in [0.717, 1.165) is 43.3 Å². The van der Waals surface area contributed by atoms with Crippen LogP contribution in [0.1, 0.15) is 10.7 Å². The van der Waals surface area contributed by atoms with Crippen molar-refractivity contribution in [3.05, 3.63) is 16.1 Å². The van der Waals surface area contributed by atoms with Crippen LogP contribution >= 0.6 is 11.3 Å². The Morgan fingerprint density at radius 3 is 3.00 bits per heavy atom. The van der Waals surface area contributed by atoms with Crippen molar-refractivity contribution < 1.29 is 4.79 Å². The summed E-state index contributed by atoms with van der Waals surface area (Å²) < 4.78 is 0. The van der Waals surface area contributed by atoms with E-state index in [9.17, 15) is 4.79 Å². The van der Waals surface area contributed by atoms with Crippen molar-refractivity contribution in [2.75, 3.05) is 39.3 Å². The van der Waals surface area contributed by atoms with Crippen LogP contribution in [0, 0.1) is 6.92 Å². The lowest BCUT2D eigenvalue weighted by Gasteiger charge is -2.26. The highest BCUT2D eigenvalue weighted by molar-refractivity contribution is 7.09. The smallest absolute Gasteiger partial charge is 0.234 e. The summed E-state index contributed by atoms with van der Waals surface area (Å²) in [5.41, 5.74) is 1.06. The average molecular weight is 268 g/mol. The quantitative estimate of drug-likeness (QED) is 0.790. The van der Waals surface area contributed by atoms with Gasteiger partial charge in [0.2, 0.25) is 5.91 Å². The first-order valence-corrected chi connectivity index (χ1v) is 7.23. The van der Waals surface area contributed by atoms with Gasteiger partial charge in [-0.2, -0.15) is 0 Å². The fraction of sp³-hybridized carbons (Fsp3) is 0.667. The molecule has 6 heteroatoms. The second-order valence-corrected chi connectivity index (χ2v) is 5.45. The topological polar surface area (TPSA) is 57.3 Å². The van der Waals surface area contributed by atoms with Crippen LogP contribution < -0.4 is 10.6 Å². The number of aryl methyl sites for hydroxylation is 1. The van der Waals surface area contributed by atoms with Crippen LogP contribution in [-0.2, 0) is 11.2 Å². The van der Waals surface area contributed by atoms with E-state index in [1.807, 2.05) is 12.3 Å². The molecule has 5 nitrogen and oxygen atoms in total. The maximum absolute atomic E-state index is 11.7. The van der Waals surface area contributed by atoms with Crippen molar-refractivity contribution >= 4 is 17.2 Å². The van der Waals surface area contributed by atoms with Crippen molar-refractivity contribution in [1.29, 1.82) is 0 Å². The largest absolute Gasteiger partial charge is 0.355 e. The molecule has 1 saturated heterocycles. The number of amides is 1. The number of piperazine rings is 1. The molecule has 0 unspecified atom stereocenters. The monoisotopic (exact) mass is 268 g/mol. The molecule has 0 radical (unpaired) electrons. The number of hydrogen-bond donors (Lipinski definition) is 2. The van der Waals surface area contributed by atoms with E-state index < -0.39 is 0 Å². The molecule has 18 heavy (non-hydrogen) atoms. The third-order valence-corrected chi connectivity index (χ3v) is 3.93. The lowest BCUT2D eigenvalue weighted by atomic mass is 10.3. The Morgan fingerprint density at radius 1 is 1.56 bits per heavy atom. The molecular weight excluding hydrogens is 248 g/mol. The lowest BCUT2D eigenvalue weighted by molar-refractivity contribution is -0.122. The minimum Gasteiger partial charge on any atom is -0.355 e. The van der Waals surface area contributed by atoms with Crippen molar-refractivity contribution in [2.24, 2.45) is 0 Å². The molecule has 100 valence electrons. The Kier molecular flexibility index (Phi) is 5.10. The molecule has 1 fully saturated rings. The van der Waals surface area contributed by atoms with Crippen LogP contribution in [0.25, 0.3) is 0 Å². The normalized spacial score (nSPS) is 16.7. The molecule has 1 aromatic heterocycles. The number of thiazole rings is 1. The zero-order chi connectivity index (χ0) is 12.8. The summed E-state index contributed by atoms with van der Waals surface area (Å²) in [6.07, 6.45) is 0.825. The summed E-state index contributed by atoms with van der Waals surface area (Å²) in [5, 5.41) is 9.36. The summed E-state index contributed by atoms with van der Waals surface area (Å²) in [6, 6.07) is 0. The molecule has 1 amide bonds. The third-order valence-electron chi connectivity index (χ3n) is 2.90.